The van der Waals surface area contributed by atoms with E-state index in [1.54, 1.807) is 6.07 Å². The van der Waals surface area contributed by atoms with Gasteiger partial charge in [0.05, 0.1) is 6.42 Å². The standard InChI is InChI=1S/C13H19N3O4/c1-2-3-5-10(8-12(18)19)15-11(17)9-16-7-4-6-14-13(16)20/h4,6-7,10H,2-3,5,8-9H2,1H3,(H,15,17)(H,18,19)/t10-/m1/s1. The predicted octanol–water partition coefficient (Wildman–Crippen LogP) is 0.393. The second-order valence-corrected chi connectivity index (χ2v) is 4.53. The first-order valence-corrected chi connectivity index (χ1v) is 6.55. The Kier molecular flexibility index (Phi) is 6.42. The molecular formula is C13H19N3O4. The summed E-state index contributed by atoms with van der Waals surface area (Å²) in [5.74, 6) is -1.34. The minimum atomic E-state index is -0.954. The van der Waals surface area contributed by atoms with Gasteiger partial charge in [-0.1, -0.05) is 19.8 Å². The highest BCUT2D eigenvalue weighted by atomic mass is 16.4. The van der Waals surface area contributed by atoms with Crippen molar-refractivity contribution in [3.63, 3.8) is 0 Å². The summed E-state index contributed by atoms with van der Waals surface area (Å²) in [7, 11) is 0. The van der Waals surface area contributed by atoms with E-state index in [0.717, 1.165) is 12.8 Å². The third-order valence-corrected chi connectivity index (χ3v) is 2.79. The summed E-state index contributed by atoms with van der Waals surface area (Å²) in [6.07, 6.45) is 5.07. The quantitative estimate of drug-likeness (QED) is 0.718. The minimum Gasteiger partial charge on any atom is -0.481 e. The van der Waals surface area contributed by atoms with Crippen LogP contribution in [0.5, 0.6) is 0 Å². The Labute approximate surface area is 116 Å². The molecule has 0 radical (unpaired) electrons. The summed E-state index contributed by atoms with van der Waals surface area (Å²) in [5, 5.41) is 11.5. The van der Waals surface area contributed by atoms with E-state index in [4.69, 9.17) is 5.11 Å². The number of nitrogens with zero attached hydrogens (tertiary/aromatic N) is 2. The van der Waals surface area contributed by atoms with Crippen molar-refractivity contribution in [2.75, 3.05) is 0 Å². The molecule has 7 heteroatoms. The van der Waals surface area contributed by atoms with Gasteiger partial charge in [-0.05, 0) is 12.5 Å². The second-order valence-electron chi connectivity index (χ2n) is 4.53. The molecular weight excluding hydrogens is 262 g/mol. The van der Waals surface area contributed by atoms with E-state index >= 15 is 0 Å². The van der Waals surface area contributed by atoms with Gasteiger partial charge < -0.3 is 10.4 Å². The first-order valence-electron chi connectivity index (χ1n) is 6.55. The summed E-state index contributed by atoms with van der Waals surface area (Å²) < 4.78 is 1.17. The number of hydrogen-bond acceptors (Lipinski definition) is 4. The lowest BCUT2D eigenvalue weighted by Crippen LogP contribution is -2.40. The van der Waals surface area contributed by atoms with Gasteiger partial charge in [-0.3, -0.25) is 14.2 Å². The van der Waals surface area contributed by atoms with Gasteiger partial charge in [0, 0.05) is 18.4 Å². The lowest BCUT2D eigenvalue weighted by Gasteiger charge is -2.16. The van der Waals surface area contributed by atoms with Crippen molar-refractivity contribution >= 4 is 11.9 Å². The van der Waals surface area contributed by atoms with Gasteiger partial charge in [0.2, 0.25) is 5.91 Å². The molecule has 0 aliphatic carbocycles. The molecule has 0 spiro atoms. The monoisotopic (exact) mass is 281 g/mol. The van der Waals surface area contributed by atoms with Crippen molar-refractivity contribution in [2.24, 2.45) is 0 Å². The summed E-state index contributed by atoms with van der Waals surface area (Å²) in [6.45, 7) is 1.84. The van der Waals surface area contributed by atoms with E-state index in [9.17, 15) is 14.4 Å². The molecule has 0 aromatic carbocycles. The number of carboxylic acids is 1. The van der Waals surface area contributed by atoms with E-state index in [0.29, 0.717) is 6.42 Å². The molecule has 2 N–H and O–H groups in total. The Morgan fingerprint density at radius 3 is 2.85 bits per heavy atom. The van der Waals surface area contributed by atoms with Crippen LogP contribution in [0.2, 0.25) is 0 Å². The van der Waals surface area contributed by atoms with Crippen LogP contribution in [0, 0.1) is 0 Å². The molecule has 7 nitrogen and oxygen atoms in total. The zero-order valence-corrected chi connectivity index (χ0v) is 11.4. The number of hydrogen-bond donors (Lipinski definition) is 2. The molecule has 1 aromatic heterocycles. The maximum atomic E-state index is 11.8. The number of carbonyl (C=O) groups excluding carboxylic acids is 1. The van der Waals surface area contributed by atoms with Crippen LogP contribution >= 0.6 is 0 Å². The fourth-order valence-electron chi connectivity index (χ4n) is 1.82. The maximum Gasteiger partial charge on any atom is 0.347 e. The van der Waals surface area contributed by atoms with Gasteiger partial charge in [-0.2, -0.15) is 0 Å². The molecule has 1 heterocycles. The number of carboxylic acid groups (broad SMARTS) is 1. The number of rotatable bonds is 8. The van der Waals surface area contributed by atoms with Crippen LogP contribution in [0.4, 0.5) is 0 Å². The third-order valence-electron chi connectivity index (χ3n) is 2.79. The van der Waals surface area contributed by atoms with E-state index in [1.165, 1.54) is 17.0 Å². The van der Waals surface area contributed by atoms with Crippen LogP contribution < -0.4 is 11.0 Å². The number of unbranched alkanes of at least 4 members (excludes halogenated alkanes) is 1. The number of aromatic nitrogens is 2. The molecule has 0 fully saturated rings. The maximum absolute atomic E-state index is 11.8. The van der Waals surface area contributed by atoms with Crippen molar-refractivity contribution in [1.82, 2.24) is 14.9 Å². The molecule has 1 aromatic rings. The van der Waals surface area contributed by atoms with Crippen LogP contribution in [-0.4, -0.2) is 32.6 Å². The molecule has 1 amide bonds. The average Bonchev–Trinajstić information content (AvgIpc) is 2.38. The Bertz CT molecular complexity index is 512. The van der Waals surface area contributed by atoms with E-state index in [1.807, 2.05) is 6.92 Å². The average molecular weight is 281 g/mol. The molecule has 0 saturated carbocycles. The van der Waals surface area contributed by atoms with E-state index < -0.39 is 17.7 Å². The van der Waals surface area contributed by atoms with Gasteiger partial charge >= 0.3 is 11.7 Å². The van der Waals surface area contributed by atoms with Crippen molar-refractivity contribution < 1.29 is 14.7 Å². The van der Waals surface area contributed by atoms with Gasteiger partial charge in [0.15, 0.2) is 0 Å². The highest BCUT2D eigenvalue weighted by Crippen LogP contribution is 2.04. The van der Waals surface area contributed by atoms with Gasteiger partial charge in [0.25, 0.3) is 0 Å². The van der Waals surface area contributed by atoms with Crippen LogP contribution in [0.3, 0.4) is 0 Å². The lowest BCUT2D eigenvalue weighted by atomic mass is 10.1. The van der Waals surface area contributed by atoms with Crippen molar-refractivity contribution in [1.29, 1.82) is 0 Å². The first kappa shape index (κ1) is 15.9. The molecule has 0 aliphatic heterocycles. The van der Waals surface area contributed by atoms with Crippen LogP contribution in [-0.2, 0) is 16.1 Å². The van der Waals surface area contributed by atoms with Crippen LogP contribution in [0.1, 0.15) is 32.6 Å². The molecule has 0 unspecified atom stereocenters. The van der Waals surface area contributed by atoms with Crippen molar-refractivity contribution in [2.45, 2.75) is 45.2 Å². The fourth-order valence-corrected chi connectivity index (χ4v) is 1.82. The summed E-state index contributed by atoms with van der Waals surface area (Å²) in [6, 6.07) is 1.15. The Balaban J connectivity index is 2.59. The third kappa shape index (κ3) is 5.64. The minimum absolute atomic E-state index is 0.117. The number of aliphatic carboxylic acids is 1. The Hall–Kier alpha value is -2.18. The Morgan fingerprint density at radius 1 is 1.50 bits per heavy atom. The van der Waals surface area contributed by atoms with Crippen LogP contribution in [0.25, 0.3) is 0 Å². The normalized spacial score (nSPS) is 11.8. The summed E-state index contributed by atoms with van der Waals surface area (Å²) in [5.41, 5.74) is -0.508. The molecule has 0 aliphatic rings. The summed E-state index contributed by atoms with van der Waals surface area (Å²) >= 11 is 0. The van der Waals surface area contributed by atoms with E-state index in [-0.39, 0.29) is 18.9 Å². The zero-order chi connectivity index (χ0) is 15.0. The van der Waals surface area contributed by atoms with Gasteiger partial charge in [-0.15, -0.1) is 0 Å². The zero-order valence-electron chi connectivity index (χ0n) is 11.4. The second kappa shape index (κ2) is 8.08. The summed E-state index contributed by atoms with van der Waals surface area (Å²) in [4.78, 5) is 37.5. The highest BCUT2D eigenvalue weighted by Gasteiger charge is 2.15. The van der Waals surface area contributed by atoms with Gasteiger partial charge in [0.1, 0.15) is 6.54 Å². The number of nitrogens with one attached hydrogen (secondary N) is 1. The molecule has 110 valence electrons. The van der Waals surface area contributed by atoms with Crippen LogP contribution in [0.15, 0.2) is 23.3 Å². The molecule has 0 saturated heterocycles. The SMILES string of the molecule is CCCC[C@H](CC(=O)O)NC(=O)Cn1cccnc1=O. The first-order chi connectivity index (χ1) is 9.52. The Morgan fingerprint density at radius 2 is 2.25 bits per heavy atom. The predicted molar refractivity (Wildman–Crippen MR) is 72.2 cm³/mol. The number of amides is 1. The largest absolute Gasteiger partial charge is 0.481 e. The topological polar surface area (TPSA) is 101 Å². The molecule has 1 atom stereocenters. The van der Waals surface area contributed by atoms with Gasteiger partial charge in [-0.25, -0.2) is 9.78 Å². The van der Waals surface area contributed by atoms with Crippen molar-refractivity contribution in [3.05, 3.63) is 28.9 Å². The number of carbonyl (C=O) groups is 2. The molecule has 1 rings (SSSR count). The van der Waals surface area contributed by atoms with E-state index in [2.05, 4.69) is 10.3 Å². The van der Waals surface area contributed by atoms with Crippen molar-refractivity contribution in [3.8, 4) is 0 Å². The lowest BCUT2D eigenvalue weighted by molar-refractivity contribution is -0.137. The highest BCUT2D eigenvalue weighted by molar-refractivity contribution is 5.77. The fraction of sp³-hybridized carbons (Fsp3) is 0.538. The molecule has 20 heavy (non-hydrogen) atoms. The molecule has 0 bridgehead atoms. The smallest absolute Gasteiger partial charge is 0.347 e.